The number of amides is 1. The number of pyridine rings is 1. The van der Waals surface area contributed by atoms with Crippen LogP contribution in [0, 0.1) is 6.92 Å². The van der Waals surface area contributed by atoms with Crippen molar-refractivity contribution < 1.29 is 9.53 Å². The highest BCUT2D eigenvalue weighted by molar-refractivity contribution is 5.77. The van der Waals surface area contributed by atoms with E-state index < -0.39 is 0 Å². The second-order valence-corrected chi connectivity index (χ2v) is 5.86. The van der Waals surface area contributed by atoms with E-state index in [1.54, 1.807) is 0 Å². The summed E-state index contributed by atoms with van der Waals surface area (Å²) in [4.78, 5) is 18.7. The fraction of sp³-hybridized carbons (Fsp3) is 0.556. The Labute approximate surface area is 143 Å². The van der Waals surface area contributed by atoms with Gasteiger partial charge in [-0.05, 0) is 51.5 Å². The molecule has 132 valence electrons. The second kappa shape index (κ2) is 9.27. The van der Waals surface area contributed by atoms with Crippen LogP contribution in [0.5, 0.6) is 5.75 Å². The number of unbranched alkanes of at least 4 members (excludes halogenated alkanes) is 1. The number of nitrogens with zero attached hydrogens (tertiary/aromatic N) is 3. The summed E-state index contributed by atoms with van der Waals surface area (Å²) in [5, 5.41) is 2.91. The summed E-state index contributed by atoms with van der Waals surface area (Å²) in [5.74, 6) is 0.533. The third-order valence-corrected chi connectivity index (χ3v) is 4.04. The lowest BCUT2D eigenvalue weighted by Crippen LogP contribution is -2.30. The minimum atomic E-state index is -0.0943. The lowest BCUT2D eigenvalue weighted by atomic mass is 10.3. The monoisotopic (exact) mass is 332 g/mol. The van der Waals surface area contributed by atoms with E-state index in [9.17, 15) is 4.79 Å². The Morgan fingerprint density at radius 2 is 2.12 bits per heavy atom. The van der Waals surface area contributed by atoms with Crippen LogP contribution in [-0.2, 0) is 4.79 Å². The van der Waals surface area contributed by atoms with Crippen LogP contribution >= 0.6 is 0 Å². The summed E-state index contributed by atoms with van der Waals surface area (Å²) in [6.45, 7) is 10.2. The summed E-state index contributed by atoms with van der Waals surface area (Å²) < 4.78 is 7.52. The van der Waals surface area contributed by atoms with Gasteiger partial charge in [0.25, 0.3) is 5.91 Å². The van der Waals surface area contributed by atoms with Crippen molar-refractivity contribution in [3.05, 3.63) is 30.2 Å². The van der Waals surface area contributed by atoms with Gasteiger partial charge in [-0.25, -0.2) is 4.98 Å². The number of hydrogen-bond acceptors (Lipinski definition) is 4. The zero-order valence-electron chi connectivity index (χ0n) is 14.9. The Morgan fingerprint density at radius 3 is 2.88 bits per heavy atom. The highest BCUT2D eigenvalue weighted by Crippen LogP contribution is 2.18. The minimum absolute atomic E-state index is 0.0155. The van der Waals surface area contributed by atoms with Crippen molar-refractivity contribution in [3.8, 4) is 5.75 Å². The van der Waals surface area contributed by atoms with Crippen LogP contribution in [0.4, 0.5) is 0 Å². The lowest BCUT2D eigenvalue weighted by Gasteiger charge is -2.17. The number of imidazole rings is 1. The molecule has 2 heterocycles. The Morgan fingerprint density at radius 1 is 1.33 bits per heavy atom. The third-order valence-electron chi connectivity index (χ3n) is 4.04. The first kappa shape index (κ1) is 18.3. The van der Waals surface area contributed by atoms with Crippen LogP contribution in [-0.4, -0.2) is 53.0 Å². The van der Waals surface area contributed by atoms with Crippen LogP contribution in [0.3, 0.4) is 0 Å². The van der Waals surface area contributed by atoms with Crippen LogP contribution in [0.1, 0.15) is 32.4 Å². The maximum atomic E-state index is 11.9. The van der Waals surface area contributed by atoms with E-state index in [1.165, 1.54) is 0 Å². The van der Waals surface area contributed by atoms with Gasteiger partial charge in [0.2, 0.25) is 0 Å². The van der Waals surface area contributed by atoms with E-state index in [0.717, 1.165) is 43.8 Å². The molecule has 1 amide bonds. The molecule has 6 nitrogen and oxygen atoms in total. The summed E-state index contributed by atoms with van der Waals surface area (Å²) in [6.07, 6.45) is 5.92. The number of aryl methyl sites for hydroxylation is 1. The predicted molar refractivity (Wildman–Crippen MR) is 95.5 cm³/mol. The van der Waals surface area contributed by atoms with Gasteiger partial charge >= 0.3 is 0 Å². The molecule has 0 unspecified atom stereocenters. The first-order valence-corrected chi connectivity index (χ1v) is 8.70. The summed E-state index contributed by atoms with van der Waals surface area (Å²) in [6, 6.07) is 3.72. The standard InChI is InChI=1S/C18H28N4O2/c1-4-21(5-2)11-7-6-10-19-17(23)14-24-16-9-8-12-22-13-15(3)20-18(16)22/h8-9,12-13H,4-7,10-11,14H2,1-3H3,(H,19,23). The molecule has 0 aliphatic heterocycles. The summed E-state index contributed by atoms with van der Waals surface area (Å²) >= 11 is 0. The second-order valence-electron chi connectivity index (χ2n) is 5.86. The van der Waals surface area contributed by atoms with Gasteiger partial charge < -0.3 is 19.4 Å². The molecule has 0 radical (unpaired) electrons. The molecule has 1 N–H and O–H groups in total. The summed E-state index contributed by atoms with van der Waals surface area (Å²) in [5.41, 5.74) is 1.66. The molecule has 0 fully saturated rings. The van der Waals surface area contributed by atoms with Crippen molar-refractivity contribution >= 4 is 11.6 Å². The molecule has 0 aliphatic rings. The van der Waals surface area contributed by atoms with Gasteiger partial charge in [0, 0.05) is 18.9 Å². The molecule has 6 heteroatoms. The molecule has 2 aromatic heterocycles. The molecule has 2 aromatic rings. The molecule has 0 aliphatic carbocycles. The van der Waals surface area contributed by atoms with E-state index in [4.69, 9.17) is 4.74 Å². The first-order chi connectivity index (χ1) is 11.6. The fourth-order valence-electron chi connectivity index (χ4n) is 2.64. The van der Waals surface area contributed by atoms with Crippen molar-refractivity contribution in [2.24, 2.45) is 0 Å². The topological polar surface area (TPSA) is 58.9 Å². The average Bonchev–Trinajstić information content (AvgIpc) is 2.97. The quantitative estimate of drug-likeness (QED) is 0.678. The van der Waals surface area contributed by atoms with Crippen molar-refractivity contribution in [1.29, 1.82) is 0 Å². The Hall–Kier alpha value is -2.08. The molecule has 0 bridgehead atoms. The number of fused-ring (bicyclic) bond motifs is 1. The molecule has 2 rings (SSSR count). The van der Waals surface area contributed by atoms with Gasteiger partial charge in [0.05, 0.1) is 5.69 Å². The Bertz CT molecular complexity index is 650. The van der Waals surface area contributed by atoms with E-state index in [0.29, 0.717) is 12.3 Å². The molecular weight excluding hydrogens is 304 g/mol. The maximum absolute atomic E-state index is 11.9. The Kier molecular flexibility index (Phi) is 7.06. The minimum Gasteiger partial charge on any atom is -0.480 e. The number of aromatic nitrogens is 2. The molecule has 0 aromatic carbocycles. The number of hydrogen-bond donors (Lipinski definition) is 1. The number of ether oxygens (including phenoxy) is 1. The van der Waals surface area contributed by atoms with Gasteiger partial charge in [-0.15, -0.1) is 0 Å². The number of carbonyl (C=O) groups excluding carboxylic acids is 1. The largest absolute Gasteiger partial charge is 0.480 e. The molecule has 24 heavy (non-hydrogen) atoms. The van der Waals surface area contributed by atoms with Crippen LogP contribution < -0.4 is 10.1 Å². The van der Waals surface area contributed by atoms with Crippen molar-refractivity contribution in [2.45, 2.75) is 33.6 Å². The van der Waals surface area contributed by atoms with Gasteiger partial charge in [-0.3, -0.25) is 4.79 Å². The van der Waals surface area contributed by atoms with Gasteiger partial charge in [0.1, 0.15) is 0 Å². The van der Waals surface area contributed by atoms with E-state index in [1.807, 2.05) is 35.9 Å². The molecular formula is C18H28N4O2. The van der Waals surface area contributed by atoms with Gasteiger partial charge in [-0.2, -0.15) is 0 Å². The van der Waals surface area contributed by atoms with Crippen molar-refractivity contribution in [2.75, 3.05) is 32.8 Å². The highest BCUT2D eigenvalue weighted by Gasteiger charge is 2.08. The average molecular weight is 332 g/mol. The van der Waals surface area contributed by atoms with E-state index >= 15 is 0 Å². The molecule has 0 atom stereocenters. The number of carbonyl (C=O) groups is 1. The maximum Gasteiger partial charge on any atom is 0.257 e. The normalized spacial score (nSPS) is 11.2. The van der Waals surface area contributed by atoms with Crippen molar-refractivity contribution in [3.63, 3.8) is 0 Å². The van der Waals surface area contributed by atoms with Crippen LogP contribution in [0.15, 0.2) is 24.5 Å². The molecule has 0 saturated carbocycles. The van der Waals surface area contributed by atoms with Gasteiger partial charge in [-0.1, -0.05) is 13.8 Å². The lowest BCUT2D eigenvalue weighted by molar-refractivity contribution is -0.123. The Balaban J connectivity index is 1.69. The zero-order valence-corrected chi connectivity index (χ0v) is 14.9. The third kappa shape index (κ3) is 5.23. The predicted octanol–water partition coefficient (Wildman–Crippen LogP) is 2.26. The highest BCUT2D eigenvalue weighted by atomic mass is 16.5. The number of rotatable bonds is 10. The smallest absolute Gasteiger partial charge is 0.257 e. The van der Waals surface area contributed by atoms with Crippen LogP contribution in [0.2, 0.25) is 0 Å². The SMILES string of the molecule is CCN(CC)CCCCNC(=O)COc1cccn2cc(C)nc12. The molecule has 0 saturated heterocycles. The van der Waals surface area contributed by atoms with Crippen molar-refractivity contribution in [1.82, 2.24) is 19.6 Å². The number of nitrogens with one attached hydrogen (secondary N) is 1. The fourth-order valence-corrected chi connectivity index (χ4v) is 2.64. The van der Waals surface area contributed by atoms with E-state index in [2.05, 4.69) is 29.0 Å². The first-order valence-electron chi connectivity index (χ1n) is 8.70. The van der Waals surface area contributed by atoms with Gasteiger partial charge in [0.15, 0.2) is 18.0 Å². The zero-order chi connectivity index (χ0) is 17.4. The van der Waals surface area contributed by atoms with E-state index in [-0.39, 0.29) is 12.5 Å². The van der Waals surface area contributed by atoms with Crippen LogP contribution in [0.25, 0.3) is 5.65 Å². The summed E-state index contributed by atoms with van der Waals surface area (Å²) in [7, 11) is 0. The molecule has 0 spiro atoms.